The second kappa shape index (κ2) is 13.2. The van der Waals surface area contributed by atoms with Crippen molar-refractivity contribution in [3.63, 3.8) is 0 Å². The van der Waals surface area contributed by atoms with Gasteiger partial charge < -0.3 is 0 Å². The minimum absolute atomic E-state index is 0.0691. The molecule has 1 fully saturated rings. The van der Waals surface area contributed by atoms with Gasteiger partial charge in [-0.2, -0.15) is 0 Å². The molecule has 1 atom stereocenters. The normalized spacial score (nSPS) is 19.5. The van der Waals surface area contributed by atoms with E-state index in [2.05, 4.69) is 24.9 Å². The summed E-state index contributed by atoms with van der Waals surface area (Å²) in [5, 5.41) is 0. The van der Waals surface area contributed by atoms with Crippen molar-refractivity contribution in [2.45, 2.75) is 86.0 Å². The molecule has 146 valence electrons. The summed E-state index contributed by atoms with van der Waals surface area (Å²) < 4.78 is 18.1. The summed E-state index contributed by atoms with van der Waals surface area (Å²) in [5.74, 6) is 0.195. The summed E-state index contributed by atoms with van der Waals surface area (Å²) in [4.78, 5) is 11.9. The van der Waals surface area contributed by atoms with E-state index in [9.17, 15) is 4.79 Å². The minimum atomic E-state index is -2.31. The van der Waals surface area contributed by atoms with Crippen molar-refractivity contribution in [3.8, 4) is 0 Å². The molecule has 0 bridgehead atoms. The van der Waals surface area contributed by atoms with Crippen LogP contribution in [0.25, 0.3) is 0 Å². The van der Waals surface area contributed by atoms with Crippen LogP contribution in [0, 0.1) is 5.92 Å². The van der Waals surface area contributed by atoms with Crippen molar-refractivity contribution in [1.29, 1.82) is 0 Å². The van der Waals surface area contributed by atoms with Crippen LogP contribution >= 0.6 is 0 Å². The van der Waals surface area contributed by atoms with Crippen LogP contribution in [0.2, 0.25) is 13.3 Å². The van der Waals surface area contributed by atoms with Crippen molar-refractivity contribution in [2.75, 3.05) is 19.8 Å². The van der Waals surface area contributed by atoms with Gasteiger partial charge in [0.05, 0.1) is 0 Å². The second-order valence-corrected chi connectivity index (χ2v) is 20.5. The van der Waals surface area contributed by atoms with E-state index in [1.54, 1.807) is 0 Å². The molecule has 0 aromatic heterocycles. The molecule has 1 rings (SSSR count). The van der Waals surface area contributed by atoms with E-state index in [1.807, 2.05) is 6.92 Å². The van der Waals surface area contributed by atoms with E-state index in [0.29, 0.717) is 19.6 Å². The number of carbonyl (C=O) groups is 1. The third kappa shape index (κ3) is 8.46. The molecular formula is C21H40O3Sn. The van der Waals surface area contributed by atoms with Crippen LogP contribution in [0.4, 0.5) is 0 Å². The number of rotatable bonds is 13. The zero-order chi connectivity index (χ0) is 18.5. The quantitative estimate of drug-likeness (QED) is 0.254. The van der Waals surface area contributed by atoms with Crippen molar-refractivity contribution >= 4 is 24.3 Å². The van der Waals surface area contributed by atoms with Gasteiger partial charge in [-0.05, 0) is 0 Å². The van der Waals surface area contributed by atoms with Crippen LogP contribution in [0.3, 0.4) is 0 Å². The Balaban J connectivity index is 2.95. The molecule has 0 aliphatic carbocycles. The molecule has 25 heavy (non-hydrogen) atoms. The maximum atomic E-state index is 11.9. The summed E-state index contributed by atoms with van der Waals surface area (Å²) in [6, 6.07) is 0. The number of hydrogen-bond acceptors (Lipinski definition) is 3. The fraction of sp³-hybridized carbons (Fsp3) is 0.857. The Hall–Kier alpha value is -0.0313. The molecule has 0 aromatic carbocycles. The van der Waals surface area contributed by atoms with Crippen LogP contribution in [0.15, 0.2) is 9.67 Å². The predicted octanol–water partition coefficient (Wildman–Crippen LogP) is 5.90. The van der Waals surface area contributed by atoms with Gasteiger partial charge in [0.2, 0.25) is 0 Å². The number of carbonyl (C=O) groups excluding carboxylic acids is 1. The molecule has 0 spiro atoms. The first-order chi connectivity index (χ1) is 12.1. The zero-order valence-corrected chi connectivity index (χ0v) is 19.9. The molecule has 0 aromatic rings. The van der Waals surface area contributed by atoms with E-state index in [-0.39, 0.29) is 11.9 Å². The molecule has 0 saturated carbocycles. The van der Waals surface area contributed by atoms with E-state index in [4.69, 9.17) is 9.47 Å². The van der Waals surface area contributed by atoms with Gasteiger partial charge in [0, 0.05) is 0 Å². The summed E-state index contributed by atoms with van der Waals surface area (Å²) in [7, 11) is 0. The average Bonchev–Trinajstić information content (AvgIpc) is 3.02. The predicted molar refractivity (Wildman–Crippen MR) is 109 cm³/mol. The maximum absolute atomic E-state index is 11.9. The third-order valence-electron chi connectivity index (χ3n) is 5.41. The Labute approximate surface area is 159 Å². The fourth-order valence-corrected chi connectivity index (χ4v) is 19.5. The van der Waals surface area contributed by atoms with Crippen molar-refractivity contribution < 1.29 is 14.3 Å². The van der Waals surface area contributed by atoms with Crippen LogP contribution in [-0.4, -0.2) is 44.2 Å². The Morgan fingerprint density at radius 2 is 1.64 bits per heavy atom. The van der Waals surface area contributed by atoms with Gasteiger partial charge in [0.25, 0.3) is 0 Å². The van der Waals surface area contributed by atoms with Crippen molar-refractivity contribution in [1.82, 2.24) is 0 Å². The molecule has 1 unspecified atom stereocenters. The molecule has 1 saturated heterocycles. The first kappa shape index (κ1) is 23.0. The van der Waals surface area contributed by atoms with Gasteiger partial charge in [0.1, 0.15) is 0 Å². The first-order valence-electron chi connectivity index (χ1n) is 10.6. The molecule has 4 heteroatoms. The van der Waals surface area contributed by atoms with E-state index >= 15 is 0 Å². The van der Waals surface area contributed by atoms with Gasteiger partial charge in [-0.3, -0.25) is 0 Å². The number of esters is 1. The second-order valence-electron chi connectivity index (χ2n) is 7.61. The van der Waals surface area contributed by atoms with Gasteiger partial charge in [-0.25, -0.2) is 0 Å². The fourth-order valence-electron chi connectivity index (χ4n) is 3.89. The van der Waals surface area contributed by atoms with Crippen LogP contribution in [-0.2, 0) is 14.3 Å². The number of hydrogen-bond donors (Lipinski definition) is 0. The Morgan fingerprint density at radius 1 is 1.08 bits per heavy atom. The Bertz CT molecular complexity index is 384. The zero-order valence-electron chi connectivity index (χ0n) is 17.1. The summed E-state index contributed by atoms with van der Waals surface area (Å²) in [6.07, 6.45) is 8.50. The van der Waals surface area contributed by atoms with E-state index in [1.165, 1.54) is 57.4 Å². The average molecular weight is 459 g/mol. The molecular weight excluding hydrogens is 419 g/mol. The molecule has 1 aliphatic rings. The van der Waals surface area contributed by atoms with E-state index in [0.717, 1.165) is 6.61 Å². The van der Waals surface area contributed by atoms with Crippen LogP contribution < -0.4 is 0 Å². The van der Waals surface area contributed by atoms with Crippen molar-refractivity contribution in [3.05, 3.63) is 9.67 Å². The standard InChI is InChI=1S/C9H13O3.3C4H9.Sn/c1-3-12-9(10)4-8-6-11-5-7(8)2;3*1-3-4-2;/h2,8H,3-6H2,1H3;3*1,3-4H2,2H3;. The molecule has 0 radical (unpaired) electrons. The molecule has 1 aliphatic heterocycles. The number of unbranched alkanes of at least 4 members (excludes halogenated alkanes) is 3. The Kier molecular flexibility index (Phi) is 12.1. The topological polar surface area (TPSA) is 35.5 Å². The molecule has 0 amide bonds. The van der Waals surface area contributed by atoms with Gasteiger partial charge >= 0.3 is 160 Å². The number of ether oxygens (including phenoxy) is 2. The molecule has 3 nitrogen and oxygen atoms in total. The Morgan fingerprint density at radius 3 is 2.12 bits per heavy atom. The first-order valence-corrected chi connectivity index (χ1v) is 18.3. The van der Waals surface area contributed by atoms with Crippen molar-refractivity contribution in [2.24, 2.45) is 5.92 Å². The van der Waals surface area contributed by atoms with Gasteiger partial charge in [-0.1, -0.05) is 0 Å². The summed E-state index contributed by atoms with van der Waals surface area (Å²) in [6.45, 7) is 10.7. The summed E-state index contributed by atoms with van der Waals surface area (Å²) in [5.41, 5.74) is 1.44. The van der Waals surface area contributed by atoms with Gasteiger partial charge in [-0.15, -0.1) is 0 Å². The monoisotopic (exact) mass is 460 g/mol. The molecule has 1 heterocycles. The van der Waals surface area contributed by atoms with Crippen LogP contribution in [0.5, 0.6) is 0 Å². The van der Waals surface area contributed by atoms with E-state index < -0.39 is 18.4 Å². The third-order valence-corrected chi connectivity index (χ3v) is 19.8. The summed E-state index contributed by atoms with van der Waals surface area (Å²) >= 11 is -2.31. The molecule has 0 N–H and O–H groups in total. The van der Waals surface area contributed by atoms with Gasteiger partial charge in [0.15, 0.2) is 0 Å². The van der Waals surface area contributed by atoms with Crippen LogP contribution in [0.1, 0.15) is 72.6 Å². The SMILES string of the molecule is CCC[CH2][Sn](/[CH]=C1/COCC1CC(=O)OCC)([CH2]CCC)[CH2]CCC.